The van der Waals surface area contributed by atoms with Gasteiger partial charge in [-0.05, 0) is 6.07 Å². The number of carboxylic acids is 1. The molecule has 2 N–H and O–H groups in total. The lowest BCUT2D eigenvalue weighted by molar-refractivity contribution is -0.148. The minimum atomic E-state index is -4.41. The third kappa shape index (κ3) is 4.38. The van der Waals surface area contributed by atoms with E-state index in [9.17, 15) is 18.0 Å². The lowest BCUT2D eigenvalue weighted by Gasteiger charge is -2.22. The lowest BCUT2D eigenvalue weighted by atomic mass is 10.2. The van der Waals surface area contributed by atoms with Crippen molar-refractivity contribution in [3.05, 3.63) is 23.7 Å². The summed E-state index contributed by atoms with van der Waals surface area (Å²) in [7, 11) is 0. The van der Waals surface area contributed by atoms with E-state index in [0.717, 1.165) is 11.2 Å². The summed E-state index contributed by atoms with van der Waals surface area (Å²) >= 11 is 0. The first-order valence-electron chi connectivity index (χ1n) is 5.03. The van der Waals surface area contributed by atoms with Gasteiger partial charge in [-0.25, -0.2) is 4.79 Å². The Bertz CT molecular complexity index is 402. The first-order valence-corrected chi connectivity index (χ1v) is 5.03. The Balaban J connectivity index is 2.76. The summed E-state index contributed by atoms with van der Waals surface area (Å²) in [6, 6.07) is 1.30. The van der Waals surface area contributed by atoms with Gasteiger partial charge in [-0.15, -0.1) is 0 Å². The van der Waals surface area contributed by atoms with Crippen molar-refractivity contribution in [2.24, 2.45) is 0 Å². The number of hydrogen-bond donors (Lipinski definition) is 2. The van der Waals surface area contributed by atoms with Gasteiger partial charge >= 0.3 is 12.1 Å². The van der Waals surface area contributed by atoms with E-state index in [-0.39, 0.29) is 24.4 Å². The minimum absolute atomic E-state index is 0.139. The van der Waals surface area contributed by atoms with E-state index in [4.69, 9.17) is 10.2 Å². The number of aliphatic hydroxyl groups excluding tert-OH is 1. The number of furan rings is 1. The molecule has 8 heteroatoms. The van der Waals surface area contributed by atoms with Crippen LogP contribution in [0.3, 0.4) is 0 Å². The van der Waals surface area contributed by atoms with Crippen LogP contribution in [0.1, 0.15) is 16.1 Å². The number of carboxylic acid groups (broad SMARTS) is 1. The van der Waals surface area contributed by atoms with Crippen LogP contribution in [0.25, 0.3) is 0 Å². The number of hydrogen-bond acceptors (Lipinski definition) is 4. The standard InChI is InChI=1S/C10H12F3NO4/c11-10(12,13)6-14(2-3-15)5-7-1-4-18-8(7)9(16)17/h1,4,15H,2-3,5-6H2,(H,16,17). The van der Waals surface area contributed by atoms with Crippen LogP contribution in [0.15, 0.2) is 16.7 Å². The molecule has 18 heavy (non-hydrogen) atoms. The highest BCUT2D eigenvalue weighted by atomic mass is 19.4. The summed E-state index contributed by atoms with van der Waals surface area (Å²) in [5, 5.41) is 17.4. The molecule has 0 aromatic carbocycles. The van der Waals surface area contributed by atoms with Crippen LogP contribution in [0.4, 0.5) is 13.2 Å². The number of carbonyl (C=O) groups is 1. The Morgan fingerprint density at radius 2 is 2.11 bits per heavy atom. The second-order valence-electron chi connectivity index (χ2n) is 3.63. The highest BCUT2D eigenvalue weighted by Gasteiger charge is 2.31. The van der Waals surface area contributed by atoms with Gasteiger partial charge in [0.25, 0.3) is 0 Å². The molecule has 0 aliphatic carbocycles. The molecule has 0 spiro atoms. The molecule has 1 heterocycles. The normalized spacial score (nSPS) is 12.1. The maximum atomic E-state index is 12.3. The molecule has 1 rings (SSSR count). The summed E-state index contributed by atoms with van der Waals surface area (Å²) < 4.78 is 41.4. The van der Waals surface area contributed by atoms with Gasteiger partial charge in [0.15, 0.2) is 0 Å². The third-order valence-corrected chi connectivity index (χ3v) is 2.15. The Labute approximate surface area is 100 Å². The van der Waals surface area contributed by atoms with Crippen LogP contribution in [-0.4, -0.2) is 47.0 Å². The second-order valence-corrected chi connectivity index (χ2v) is 3.63. The maximum absolute atomic E-state index is 12.3. The maximum Gasteiger partial charge on any atom is 0.401 e. The van der Waals surface area contributed by atoms with Crippen LogP contribution >= 0.6 is 0 Å². The van der Waals surface area contributed by atoms with Gasteiger partial charge in [-0.2, -0.15) is 13.2 Å². The fraction of sp³-hybridized carbons (Fsp3) is 0.500. The van der Waals surface area contributed by atoms with Gasteiger partial charge in [-0.3, -0.25) is 4.90 Å². The van der Waals surface area contributed by atoms with Gasteiger partial charge in [-0.1, -0.05) is 0 Å². The van der Waals surface area contributed by atoms with Crippen LogP contribution in [-0.2, 0) is 6.54 Å². The molecule has 0 radical (unpaired) electrons. The fourth-order valence-electron chi connectivity index (χ4n) is 1.50. The zero-order valence-corrected chi connectivity index (χ0v) is 9.28. The number of alkyl halides is 3. The summed E-state index contributed by atoms with van der Waals surface area (Å²) in [5.74, 6) is -1.73. The third-order valence-electron chi connectivity index (χ3n) is 2.15. The predicted octanol–water partition coefficient (Wildman–Crippen LogP) is 1.33. The second kappa shape index (κ2) is 5.87. The molecule has 1 aromatic heterocycles. The van der Waals surface area contributed by atoms with Crippen molar-refractivity contribution in [3.63, 3.8) is 0 Å². The lowest BCUT2D eigenvalue weighted by Crippen LogP contribution is -2.36. The van der Waals surface area contributed by atoms with Gasteiger partial charge in [0.2, 0.25) is 5.76 Å². The Morgan fingerprint density at radius 1 is 1.44 bits per heavy atom. The first kappa shape index (κ1) is 14.5. The fourth-order valence-corrected chi connectivity index (χ4v) is 1.50. The molecule has 0 bridgehead atoms. The average Bonchev–Trinajstić information content (AvgIpc) is 2.63. The molecule has 0 saturated carbocycles. The number of rotatable bonds is 6. The Hall–Kier alpha value is -1.54. The van der Waals surface area contributed by atoms with Crippen molar-refractivity contribution in [3.8, 4) is 0 Å². The molecule has 0 saturated heterocycles. The number of aliphatic hydroxyl groups is 1. The number of halogens is 3. The summed E-state index contributed by atoms with van der Waals surface area (Å²) in [6.45, 7) is -2.13. The minimum Gasteiger partial charge on any atom is -0.475 e. The predicted molar refractivity (Wildman–Crippen MR) is 54.1 cm³/mol. The Morgan fingerprint density at radius 3 is 2.61 bits per heavy atom. The van der Waals surface area contributed by atoms with Crippen LogP contribution in [0, 0.1) is 0 Å². The molecule has 0 aliphatic heterocycles. The van der Waals surface area contributed by atoms with E-state index in [1.165, 1.54) is 6.07 Å². The highest BCUT2D eigenvalue weighted by Crippen LogP contribution is 2.19. The van der Waals surface area contributed by atoms with Crippen molar-refractivity contribution < 1.29 is 32.6 Å². The quantitative estimate of drug-likeness (QED) is 0.813. The number of aromatic carboxylic acids is 1. The van der Waals surface area contributed by atoms with Crippen molar-refractivity contribution >= 4 is 5.97 Å². The van der Waals surface area contributed by atoms with Gasteiger partial charge in [0.1, 0.15) is 0 Å². The monoisotopic (exact) mass is 267 g/mol. The van der Waals surface area contributed by atoms with Gasteiger partial charge in [0.05, 0.1) is 19.4 Å². The molecule has 0 atom stereocenters. The molecule has 0 fully saturated rings. The summed E-state index contributed by atoms with van der Waals surface area (Å²) in [6.07, 6.45) is -3.31. The van der Waals surface area contributed by atoms with Crippen LogP contribution < -0.4 is 0 Å². The molecule has 5 nitrogen and oxygen atoms in total. The summed E-state index contributed by atoms with van der Waals surface area (Å²) in [5.41, 5.74) is 0.139. The average molecular weight is 267 g/mol. The molecule has 0 aliphatic rings. The van der Waals surface area contributed by atoms with Crippen molar-refractivity contribution in [2.45, 2.75) is 12.7 Å². The van der Waals surface area contributed by atoms with Crippen molar-refractivity contribution in [2.75, 3.05) is 19.7 Å². The SMILES string of the molecule is O=C(O)c1occc1CN(CCO)CC(F)(F)F. The molecule has 102 valence electrons. The van der Waals surface area contributed by atoms with E-state index in [2.05, 4.69) is 4.42 Å². The number of nitrogens with zero attached hydrogens (tertiary/aromatic N) is 1. The van der Waals surface area contributed by atoms with Crippen molar-refractivity contribution in [1.29, 1.82) is 0 Å². The molecule has 1 aromatic rings. The van der Waals surface area contributed by atoms with Gasteiger partial charge in [0, 0.05) is 18.7 Å². The topological polar surface area (TPSA) is 73.9 Å². The van der Waals surface area contributed by atoms with E-state index in [1.54, 1.807) is 0 Å². The van der Waals surface area contributed by atoms with E-state index in [1.807, 2.05) is 0 Å². The smallest absolute Gasteiger partial charge is 0.401 e. The van der Waals surface area contributed by atoms with Gasteiger partial charge < -0.3 is 14.6 Å². The van der Waals surface area contributed by atoms with Crippen molar-refractivity contribution in [1.82, 2.24) is 4.90 Å². The van der Waals surface area contributed by atoms with E-state index in [0.29, 0.717) is 0 Å². The molecule has 0 amide bonds. The molecular weight excluding hydrogens is 255 g/mol. The largest absolute Gasteiger partial charge is 0.475 e. The molecular formula is C10H12F3NO4. The molecule has 0 unspecified atom stereocenters. The zero-order valence-electron chi connectivity index (χ0n) is 9.28. The van der Waals surface area contributed by atoms with Crippen LogP contribution in [0.2, 0.25) is 0 Å². The first-order chi connectivity index (χ1) is 8.33. The summed E-state index contributed by atoms with van der Waals surface area (Å²) in [4.78, 5) is 11.6. The van der Waals surface area contributed by atoms with Crippen LogP contribution in [0.5, 0.6) is 0 Å². The zero-order chi connectivity index (χ0) is 13.8. The van der Waals surface area contributed by atoms with E-state index < -0.39 is 25.3 Å². The highest BCUT2D eigenvalue weighted by molar-refractivity contribution is 5.86. The van der Waals surface area contributed by atoms with E-state index >= 15 is 0 Å². The Kier molecular flexibility index (Phi) is 4.74.